The first-order chi connectivity index (χ1) is 11.7. The van der Waals surface area contributed by atoms with Gasteiger partial charge in [0, 0.05) is 19.8 Å². The van der Waals surface area contributed by atoms with Crippen LogP contribution in [0.15, 0.2) is 36.4 Å². The van der Waals surface area contributed by atoms with Crippen LogP contribution in [0, 0.1) is 12.7 Å². The number of hydrogen-bond donors (Lipinski definition) is 1. The molecule has 2 rings (SSSR count). The molecule has 0 saturated heterocycles. The van der Waals surface area contributed by atoms with Gasteiger partial charge in [0.2, 0.25) is 0 Å². The quantitative estimate of drug-likeness (QED) is 0.627. The predicted octanol–water partition coefficient (Wildman–Crippen LogP) is 6.06. The minimum absolute atomic E-state index is 0.0679. The van der Waals surface area contributed by atoms with Gasteiger partial charge < -0.3 is 10.6 Å². The molecule has 2 nitrogen and oxygen atoms in total. The van der Waals surface area contributed by atoms with E-state index in [2.05, 4.69) is 59.7 Å². The number of hydrogen-bond acceptors (Lipinski definition) is 2. The normalized spacial score (nSPS) is 11.6. The van der Waals surface area contributed by atoms with E-state index in [0.717, 1.165) is 16.8 Å². The zero-order chi connectivity index (χ0) is 20.3. The fourth-order valence-corrected chi connectivity index (χ4v) is 2.43. The molecule has 2 N–H and O–H groups in total. The van der Waals surface area contributed by atoms with E-state index in [1.807, 2.05) is 33.2 Å². The van der Waals surface area contributed by atoms with Crippen LogP contribution in [0.1, 0.15) is 58.2 Å². The molecule has 0 bridgehead atoms. The number of nitrogen functional groups attached to an aromatic ring is 1. The molecule has 0 radical (unpaired) electrons. The van der Waals surface area contributed by atoms with Gasteiger partial charge in [-0.15, -0.1) is 0 Å². The summed E-state index contributed by atoms with van der Waals surface area (Å²) in [5.41, 5.74) is 11.2. The first-order valence-corrected chi connectivity index (χ1v) is 9.07. The number of nitrogens with two attached hydrogens (primary N) is 1. The molecule has 2 aromatic rings. The Morgan fingerprint density at radius 1 is 0.808 bits per heavy atom. The molecule has 0 amide bonds. The van der Waals surface area contributed by atoms with Crippen molar-refractivity contribution in [3.05, 3.63) is 58.9 Å². The van der Waals surface area contributed by atoms with Crippen molar-refractivity contribution in [3.63, 3.8) is 0 Å². The van der Waals surface area contributed by atoms with Gasteiger partial charge in [-0.25, -0.2) is 4.39 Å². The molecule has 0 atom stereocenters. The lowest BCUT2D eigenvalue weighted by Gasteiger charge is -2.22. The van der Waals surface area contributed by atoms with Crippen molar-refractivity contribution in [2.45, 2.75) is 59.3 Å². The van der Waals surface area contributed by atoms with Gasteiger partial charge in [-0.2, -0.15) is 0 Å². The van der Waals surface area contributed by atoms with Gasteiger partial charge in [-0.3, -0.25) is 0 Å². The highest BCUT2D eigenvalue weighted by molar-refractivity contribution is 5.50. The minimum Gasteiger partial charge on any atom is -0.399 e. The van der Waals surface area contributed by atoms with Crippen molar-refractivity contribution < 1.29 is 4.39 Å². The lowest BCUT2D eigenvalue weighted by atomic mass is 9.86. The van der Waals surface area contributed by atoms with Gasteiger partial charge in [0.1, 0.15) is 5.82 Å². The Bertz CT molecular complexity index is 735. The summed E-state index contributed by atoms with van der Waals surface area (Å²) in [4.78, 5) is 1.80. The van der Waals surface area contributed by atoms with Gasteiger partial charge in [-0.1, -0.05) is 59.7 Å². The molecule has 0 heterocycles. The number of anilines is 2. The van der Waals surface area contributed by atoms with Crippen LogP contribution >= 0.6 is 0 Å². The molecule has 0 aliphatic heterocycles. The van der Waals surface area contributed by atoms with Gasteiger partial charge >= 0.3 is 0 Å². The molecular weight excluding hydrogens is 323 g/mol. The molecule has 2 aromatic carbocycles. The Labute approximate surface area is 159 Å². The second-order valence-corrected chi connectivity index (χ2v) is 9.13. The van der Waals surface area contributed by atoms with E-state index in [1.165, 1.54) is 11.6 Å². The van der Waals surface area contributed by atoms with Crippen LogP contribution < -0.4 is 10.6 Å². The topological polar surface area (TPSA) is 29.3 Å². The fourth-order valence-electron chi connectivity index (χ4n) is 2.43. The Balaban J connectivity index is 0.000000263. The highest BCUT2D eigenvalue weighted by atomic mass is 19.1. The summed E-state index contributed by atoms with van der Waals surface area (Å²) >= 11 is 0. The zero-order valence-electron chi connectivity index (χ0n) is 17.9. The van der Waals surface area contributed by atoms with Gasteiger partial charge in [0.15, 0.2) is 0 Å². The third kappa shape index (κ3) is 6.05. The van der Waals surface area contributed by atoms with Crippen LogP contribution in [0.3, 0.4) is 0 Å². The summed E-state index contributed by atoms with van der Waals surface area (Å²) in [6, 6.07) is 11.6. The Kier molecular flexibility index (Phi) is 6.87. The van der Waals surface area contributed by atoms with E-state index < -0.39 is 0 Å². The summed E-state index contributed by atoms with van der Waals surface area (Å²) < 4.78 is 13.4. The van der Waals surface area contributed by atoms with Crippen LogP contribution in [0.4, 0.5) is 15.8 Å². The number of benzene rings is 2. The molecule has 0 spiro atoms. The first-order valence-electron chi connectivity index (χ1n) is 9.07. The summed E-state index contributed by atoms with van der Waals surface area (Å²) in [6.45, 7) is 15.0. The van der Waals surface area contributed by atoms with Crippen LogP contribution in [0.25, 0.3) is 0 Å². The van der Waals surface area contributed by atoms with E-state index in [-0.39, 0.29) is 16.6 Å². The smallest absolute Gasteiger partial charge is 0.146 e. The zero-order valence-corrected chi connectivity index (χ0v) is 17.9. The molecule has 0 saturated carbocycles. The molecular formula is C23H35FN2. The van der Waals surface area contributed by atoms with Crippen molar-refractivity contribution in [3.8, 4) is 0 Å². The van der Waals surface area contributed by atoms with E-state index in [9.17, 15) is 4.39 Å². The van der Waals surface area contributed by atoms with Gasteiger partial charge in [-0.05, 0) is 52.6 Å². The van der Waals surface area contributed by atoms with Crippen molar-refractivity contribution >= 4 is 11.4 Å². The Morgan fingerprint density at radius 2 is 1.27 bits per heavy atom. The molecule has 0 aliphatic rings. The average Bonchev–Trinajstić information content (AvgIpc) is 2.48. The van der Waals surface area contributed by atoms with Crippen LogP contribution in [0.2, 0.25) is 0 Å². The molecule has 26 heavy (non-hydrogen) atoms. The van der Waals surface area contributed by atoms with Crippen molar-refractivity contribution in [2.75, 3.05) is 24.7 Å². The maximum atomic E-state index is 13.4. The largest absolute Gasteiger partial charge is 0.399 e. The first kappa shape index (κ1) is 22.0. The summed E-state index contributed by atoms with van der Waals surface area (Å²) in [5.74, 6) is -0.164. The summed E-state index contributed by atoms with van der Waals surface area (Å²) in [5, 5.41) is 0. The monoisotopic (exact) mass is 358 g/mol. The second-order valence-electron chi connectivity index (χ2n) is 9.13. The Hall–Kier alpha value is -2.03. The SMILES string of the molecule is CN(C)c1cc(C(C)(C)C)ccc1F.Cc1ccc(C(C)(C)C)cc1N. The third-order valence-corrected chi connectivity index (χ3v) is 4.44. The predicted molar refractivity (Wildman–Crippen MR) is 114 cm³/mol. The van der Waals surface area contributed by atoms with E-state index in [1.54, 1.807) is 4.90 Å². The molecule has 0 aliphatic carbocycles. The maximum absolute atomic E-state index is 13.4. The minimum atomic E-state index is -0.164. The van der Waals surface area contributed by atoms with Crippen molar-refractivity contribution in [1.82, 2.24) is 0 Å². The van der Waals surface area contributed by atoms with Crippen LogP contribution in [0.5, 0.6) is 0 Å². The summed E-state index contributed by atoms with van der Waals surface area (Å²) in [6.07, 6.45) is 0. The van der Waals surface area contributed by atoms with Gasteiger partial charge in [0.05, 0.1) is 5.69 Å². The van der Waals surface area contributed by atoms with Crippen molar-refractivity contribution in [2.24, 2.45) is 0 Å². The lowest BCUT2D eigenvalue weighted by molar-refractivity contribution is 0.582. The molecule has 0 unspecified atom stereocenters. The fraction of sp³-hybridized carbons (Fsp3) is 0.478. The molecule has 3 heteroatoms. The average molecular weight is 359 g/mol. The second kappa shape index (κ2) is 8.11. The number of aryl methyl sites for hydroxylation is 1. The number of halogens is 1. The molecule has 0 aromatic heterocycles. The highest BCUT2D eigenvalue weighted by Gasteiger charge is 2.16. The van der Waals surface area contributed by atoms with E-state index >= 15 is 0 Å². The number of nitrogens with zero attached hydrogens (tertiary/aromatic N) is 1. The van der Waals surface area contributed by atoms with Gasteiger partial charge in [0.25, 0.3) is 0 Å². The molecule has 0 fully saturated rings. The number of rotatable bonds is 1. The van der Waals surface area contributed by atoms with Crippen LogP contribution in [-0.4, -0.2) is 14.1 Å². The Morgan fingerprint density at radius 3 is 1.69 bits per heavy atom. The third-order valence-electron chi connectivity index (χ3n) is 4.44. The standard InChI is InChI=1S/C12H18FN.C11H17N/c1-12(2,3)9-6-7-10(13)11(8-9)14(4)5;1-8-5-6-9(7-10(8)12)11(2,3)4/h6-8H,1-5H3;5-7H,12H2,1-4H3. The maximum Gasteiger partial charge on any atom is 0.146 e. The molecule has 144 valence electrons. The van der Waals surface area contributed by atoms with E-state index in [0.29, 0.717) is 5.69 Å². The van der Waals surface area contributed by atoms with Crippen molar-refractivity contribution in [1.29, 1.82) is 0 Å². The summed E-state index contributed by atoms with van der Waals surface area (Å²) in [7, 11) is 3.70. The van der Waals surface area contributed by atoms with Crippen LogP contribution in [-0.2, 0) is 10.8 Å². The highest BCUT2D eigenvalue weighted by Crippen LogP contribution is 2.27. The van der Waals surface area contributed by atoms with E-state index in [4.69, 9.17) is 5.73 Å². The lowest BCUT2D eigenvalue weighted by Crippen LogP contribution is -2.15.